The summed E-state index contributed by atoms with van der Waals surface area (Å²) in [5, 5.41) is 9.31. The Morgan fingerprint density at radius 2 is 1.07 bits per heavy atom. The van der Waals surface area contributed by atoms with Gasteiger partial charge in [-0.25, -0.2) is 4.57 Å². The molecule has 0 radical (unpaired) electrons. The topological polar surface area (TPSA) is 94.5 Å². The van der Waals surface area contributed by atoms with E-state index in [1.165, 1.54) is 64.7 Å². The number of rotatable bonds is 29. The van der Waals surface area contributed by atoms with E-state index in [1.54, 1.807) is 0 Å². The molecule has 2 N–H and O–H groups in total. The average Bonchev–Trinajstić information content (AvgIpc) is 2.88. The largest absolute Gasteiger partial charge is 0.472 e. The molecule has 0 aliphatic rings. The van der Waals surface area contributed by atoms with Gasteiger partial charge < -0.3 is 19.5 Å². The SMILES string of the molecule is CCC[C@@H](C)CCO[C@@H](COCC[C@H](C)CCC[C@H](C)CCC[C@H](C)CCCC(C)C)COP(=O)(O)OC[C@@H](C)O. The smallest absolute Gasteiger partial charge is 0.391 e. The predicted octanol–water partition coefficient (Wildman–Crippen LogP) is 9.19. The number of phosphoric acid groups is 1. The van der Waals surface area contributed by atoms with Crippen LogP contribution in [0.4, 0.5) is 0 Å². The van der Waals surface area contributed by atoms with E-state index in [0.717, 1.165) is 43.4 Å². The summed E-state index contributed by atoms with van der Waals surface area (Å²) in [7, 11) is -4.25. The van der Waals surface area contributed by atoms with Gasteiger partial charge in [0.25, 0.3) is 0 Å². The number of phosphoric ester groups is 1. The Labute approximate surface area is 254 Å². The molecule has 7 nitrogen and oxygen atoms in total. The molecule has 0 aromatic heterocycles. The third kappa shape index (κ3) is 27.3. The minimum atomic E-state index is -4.25. The highest BCUT2D eigenvalue weighted by Crippen LogP contribution is 2.43. The highest BCUT2D eigenvalue weighted by atomic mass is 31.2. The normalized spacial score (nSPS) is 18.1. The van der Waals surface area contributed by atoms with Crippen molar-refractivity contribution in [3.05, 3.63) is 0 Å². The van der Waals surface area contributed by atoms with Crippen LogP contribution in [0.5, 0.6) is 0 Å². The third-order valence-electron chi connectivity index (χ3n) is 7.97. The summed E-state index contributed by atoms with van der Waals surface area (Å²) >= 11 is 0. The van der Waals surface area contributed by atoms with Gasteiger partial charge in [-0.05, 0) is 49.4 Å². The van der Waals surface area contributed by atoms with Crippen LogP contribution in [-0.4, -0.2) is 55.2 Å². The number of aliphatic hydroxyl groups excluding tert-OH is 1. The molecular formula is C33H69O7P. The fourth-order valence-electron chi connectivity index (χ4n) is 5.07. The van der Waals surface area contributed by atoms with E-state index in [4.69, 9.17) is 18.5 Å². The van der Waals surface area contributed by atoms with Crippen molar-refractivity contribution in [2.75, 3.05) is 33.0 Å². The molecule has 248 valence electrons. The van der Waals surface area contributed by atoms with Gasteiger partial charge in [0.15, 0.2) is 0 Å². The number of aliphatic hydroxyl groups is 1. The van der Waals surface area contributed by atoms with Gasteiger partial charge in [0.1, 0.15) is 6.10 Å². The van der Waals surface area contributed by atoms with E-state index in [9.17, 15) is 14.6 Å². The first-order chi connectivity index (χ1) is 19.3. The van der Waals surface area contributed by atoms with Gasteiger partial charge in [0, 0.05) is 13.2 Å². The Morgan fingerprint density at radius 3 is 1.59 bits per heavy atom. The van der Waals surface area contributed by atoms with E-state index in [0.29, 0.717) is 31.7 Å². The fourth-order valence-corrected chi connectivity index (χ4v) is 5.90. The number of hydrogen-bond donors (Lipinski definition) is 2. The van der Waals surface area contributed by atoms with Crippen molar-refractivity contribution >= 4 is 7.82 Å². The second-order valence-electron chi connectivity index (χ2n) is 13.5. The number of hydrogen-bond acceptors (Lipinski definition) is 6. The van der Waals surface area contributed by atoms with Crippen LogP contribution in [-0.2, 0) is 23.1 Å². The molecule has 0 heterocycles. The Bertz CT molecular complexity index is 631. The zero-order valence-electron chi connectivity index (χ0n) is 28.2. The van der Waals surface area contributed by atoms with Gasteiger partial charge in [-0.15, -0.1) is 0 Å². The van der Waals surface area contributed by atoms with E-state index < -0.39 is 20.0 Å². The Morgan fingerprint density at radius 1 is 0.610 bits per heavy atom. The van der Waals surface area contributed by atoms with Crippen molar-refractivity contribution in [1.82, 2.24) is 0 Å². The van der Waals surface area contributed by atoms with Crippen LogP contribution in [0.3, 0.4) is 0 Å². The van der Waals surface area contributed by atoms with E-state index >= 15 is 0 Å². The first-order valence-corrected chi connectivity index (χ1v) is 18.3. The zero-order chi connectivity index (χ0) is 31.1. The van der Waals surface area contributed by atoms with Crippen molar-refractivity contribution in [2.45, 2.75) is 151 Å². The van der Waals surface area contributed by atoms with Gasteiger partial charge >= 0.3 is 7.82 Å². The maximum absolute atomic E-state index is 12.1. The van der Waals surface area contributed by atoms with Crippen molar-refractivity contribution in [1.29, 1.82) is 0 Å². The first-order valence-electron chi connectivity index (χ1n) is 16.8. The minimum Gasteiger partial charge on any atom is -0.391 e. The Hall–Kier alpha value is -0.0100. The maximum Gasteiger partial charge on any atom is 0.472 e. The lowest BCUT2D eigenvalue weighted by molar-refractivity contribution is -0.0484. The van der Waals surface area contributed by atoms with Crippen molar-refractivity contribution in [3.8, 4) is 0 Å². The molecule has 0 aliphatic carbocycles. The molecule has 0 saturated heterocycles. The zero-order valence-corrected chi connectivity index (χ0v) is 29.0. The fraction of sp³-hybridized carbons (Fsp3) is 1.00. The van der Waals surface area contributed by atoms with Crippen LogP contribution in [0.1, 0.15) is 139 Å². The quantitative estimate of drug-likeness (QED) is 0.0646. The Kier molecular flexibility index (Phi) is 25.3. The molecule has 0 saturated carbocycles. The molecule has 0 aliphatic heterocycles. The summed E-state index contributed by atoms with van der Waals surface area (Å²) in [4.78, 5) is 9.88. The standard InChI is InChI=1S/C33H69O7P/c1-9-13-28(4)21-23-38-33(26-40-41(35,36)39-24-32(8)34)25-37-22-20-31(7)19-12-18-30(6)17-11-16-29(5)15-10-14-27(2)3/h27-34H,9-26H2,1-8H3,(H,35,36)/t28-,29-,30-,31-,32-,33+/m1/s1. The average molecular weight is 609 g/mol. The molecule has 0 amide bonds. The van der Waals surface area contributed by atoms with Gasteiger partial charge in [-0.1, -0.05) is 119 Å². The molecule has 0 aromatic rings. The summed E-state index contributed by atoms with van der Waals surface area (Å²) in [5.41, 5.74) is 0. The van der Waals surface area contributed by atoms with E-state index in [-0.39, 0.29) is 13.2 Å². The Balaban J connectivity index is 4.24. The van der Waals surface area contributed by atoms with Crippen LogP contribution in [0, 0.1) is 29.6 Å². The maximum atomic E-state index is 12.1. The van der Waals surface area contributed by atoms with Crippen LogP contribution < -0.4 is 0 Å². The molecule has 0 spiro atoms. The second-order valence-corrected chi connectivity index (χ2v) is 14.9. The third-order valence-corrected chi connectivity index (χ3v) is 8.92. The van der Waals surface area contributed by atoms with Crippen LogP contribution in [0.2, 0.25) is 0 Å². The molecule has 8 heteroatoms. The lowest BCUT2D eigenvalue weighted by Crippen LogP contribution is -2.27. The highest BCUT2D eigenvalue weighted by molar-refractivity contribution is 7.47. The monoisotopic (exact) mass is 608 g/mol. The molecule has 0 bridgehead atoms. The number of ether oxygens (including phenoxy) is 2. The van der Waals surface area contributed by atoms with Gasteiger partial charge in [-0.3, -0.25) is 9.05 Å². The first kappa shape index (κ1) is 41.0. The van der Waals surface area contributed by atoms with Crippen LogP contribution in [0.15, 0.2) is 0 Å². The van der Waals surface area contributed by atoms with Gasteiger partial charge in [-0.2, -0.15) is 0 Å². The summed E-state index contributed by atoms with van der Waals surface area (Å²) in [6, 6.07) is 0. The van der Waals surface area contributed by atoms with Crippen LogP contribution in [0.25, 0.3) is 0 Å². The van der Waals surface area contributed by atoms with Crippen LogP contribution >= 0.6 is 7.82 Å². The van der Waals surface area contributed by atoms with Crippen molar-refractivity contribution in [2.24, 2.45) is 29.6 Å². The van der Waals surface area contributed by atoms with Gasteiger partial charge in [0.2, 0.25) is 0 Å². The summed E-state index contributed by atoms with van der Waals surface area (Å²) < 4.78 is 34.0. The molecular weight excluding hydrogens is 539 g/mol. The summed E-state index contributed by atoms with van der Waals surface area (Å²) in [5.74, 6) is 3.64. The predicted molar refractivity (Wildman–Crippen MR) is 171 cm³/mol. The molecule has 0 aromatic carbocycles. The van der Waals surface area contributed by atoms with Crippen molar-refractivity contribution < 1.29 is 33.1 Å². The molecule has 41 heavy (non-hydrogen) atoms. The van der Waals surface area contributed by atoms with E-state index in [1.807, 2.05) is 0 Å². The lowest BCUT2D eigenvalue weighted by Gasteiger charge is -2.21. The summed E-state index contributed by atoms with van der Waals surface area (Å²) in [6.07, 6.45) is 14.9. The second kappa shape index (κ2) is 25.3. The van der Waals surface area contributed by atoms with E-state index in [2.05, 4.69) is 48.5 Å². The molecule has 7 atom stereocenters. The lowest BCUT2D eigenvalue weighted by atomic mass is 9.91. The highest BCUT2D eigenvalue weighted by Gasteiger charge is 2.24. The molecule has 0 rings (SSSR count). The molecule has 1 unspecified atom stereocenters. The van der Waals surface area contributed by atoms with Gasteiger partial charge in [0.05, 0.1) is 25.9 Å². The minimum absolute atomic E-state index is 0.0973. The molecule has 0 fully saturated rings. The van der Waals surface area contributed by atoms with Crippen molar-refractivity contribution in [3.63, 3.8) is 0 Å². The summed E-state index contributed by atoms with van der Waals surface area (Å²) in [6.45, 7) is 18.7.